The first-order chi connectivity index (χ1) is 13.2. The van der Waals surface area contributed by atoms with Crippen molar-refractivity contribution in [3.05, 3.63) is 52.2 Å². The van der Waals surface area contributed by atoms with Crippen LogP contribution in [0.2, 0.25) is 5.02 Å². The van der Waals surface area contributed by atoms with Crippen LogP contribution < -0.4 is 11.1 Å². The molecule has 144 valence electrons. The average Bonchev–Trinajstić information content (AvgIpc) is 2.65. The number of nitrogens with zero attached hydrogens (tertiary/aromatic N) is 4. The van der Waals surface area contributed by atoms with Gasteiger partial charge in [-0.3, -0.25) is 4.79 Å². The number of rotatable bonds is 3. The monoisotopic (exact) mass is 410 g/mol. The summed E-state index contributed by atoms with van der Waals surface area (Å²) < 4.78 is 46.7. The van der Waals surface area contributed by atoms with Crippen LogP contribution in [0.15, 0.2) is 29.4 Å². The Balaban J connectivity index is 1.91. The topological polar surface area (TPSA) is 126 Å². The Hall–Kier alpha value is -3.39. The van der Waals surface area contributed by atoms with Gasteiger partial charge in [0.05, 0.1) is 10.6 Å². The minimum atomic E-state index is -3.56. The third-order valence-corrected chi connectivity index (χ3v) is 3.92. The average molecular weight is 411 g/mol. The highest BCUT2D eigenvalue weighted by molar-refractivity contribution is 6.34. The quantitative estimate of drug-likeness (QED) is 0.800. The van der Waals surface area contributed by atoms with Crippen molar-refractivity contribution in [2.75, 3.05) is 11.9 Å². The van der Waals surface area contributed by atoms with Crippen LogP contribution in [0.1, 0.15) is 27.8 Å². The predicted molar refractivity (Wildman–Crippen MR) is 91.4 cm³/mol. The summed E-state index contributed by atoms with van der Waals surface area (Å²) in [6, 6.07) is 2.41. The van der Waals surface area contributed by atoms with Gasteiger partial charge in [0, 0.05) is 6.20 Å². The normalized spacial score (nSPS) is 17.8. The standard InChI is InChI=1S/C16H10ClF3N6O2/c17-8-3-7(4-21)5-23-11(8)14(27)25-10-2-1-9(18)12(24-10)13-16(19,20)6-28-15(22)26-13/h1-3,5,13H,6H2,(H2,22,26)(H,24,25,27)/t13-/m1/s1. The molecule has 1 atom stereocenters. The predicted octanol–water partition coefficient (Wildman–Crippen LogP) is 2.41. The molecular weight excluding hydrogens is 401 g/mol. The van der Waals surface area contributed by atoms with E-state index in [0.717, 1.165) is 18.3 Å². The van der Waals surface area contributed by atoms with Gasteiger partial charge >= 0.3 is 5.92 Å². The first-order valence-electron chi connectivity index (χ1n) is 7.58. The largest absolute Gasteiger partial charge is 0.459 e. The van der Waals surface area contributed by atoms with E-state index < -0.39 is 42.0 Å². The molecule has 1 aliphatic heterocycles. The fourth-order valence-corrected chi connectivity index (χ4v) is 2.58. The number of nitrogens with one attached hydrogen (secondary N) is 1. The van der Waals surface area contributed by atoms with E-state index in [1.54, 1.807) is 0 Å². The van der Waals surface area contributed by atoms with E-state index in [9.17, 15) is 18.0 Å². The van der Waals surface area contributed by atoms with E-state index in [1.165, 1.54) is 6.07 Å². The number of nitriles is 1. The molecule has 0 fully saturated rings. The first-order valence-corrected chi connectivity index (χ1v) is 7.96. The second kappa shape index (κ2) is 7.32. The second-order valence-corrected chi connectivity index (χ2v) is 6.01. The molecule has 0 aliphatic carbocycles. The van der Waals surface area contributed by atoms with E-state index in [2.05, 4.69) is 25.0 Å². The zero-order valence-corrected chi connectivity index (χ0v) is 14.5. The zero-order chi connectivity index (χ0) is 20.5. The lowest BCUT2D eigenvalue weighted by Crippen LogP contribution is -2.40. The number of carbonyl (C=O) groups excluding carboxylic acids is 1. The van der Waals surface area contributed by atoms with Crippen molar-refractivity contribution < 1.29 is 22.7 Å². The van der Waals surface area contributed by atoms with Crippen LogP contribution in [0.5, 0.6) is 0 Å². The smallest absolute Gasteiger partial charge is 0.309 e. The number of aromatic nitrogens is 2. The van der Waals surface area contributed by atoms with Gasteiger partial charge in [-0.2, -0.15) is 14.0 Å². The highest BCUT2D eigenvalue weighted by Crippen LogP contribution is 2.38. The summed E-state index contributed by atoms with van der Waals surface area (Å²) in [6.07, 6.45) is 1.13. The zero-order valence-electron chi connectivity index (χ0n) is 13.8. The molecule has 0 bridgehead atoms. The lowest BCUT2D eigenvalue weighted by atomic mass is 10.1. The maximum Gasteiger partial charge on any atom is 0.309 e. The van der Waals surface area contributed by atoms with E-state index in [0.29, 0.717) is 0 Å². The van der Waals surface area contributed by atoms with Crippen LogP contribution >= 0.6 is 11.6 Å². The summed E-state index contributed by atoms with van der Waals surface area (Å²) in [5.41, 5.74) is 4.49. The third kappa shape index (κ3) is 3.81. The molecule has 2 aromatic heterocycles. The Bertz CT molecular complexity index is 1020. The molecule has 1 aliphatic rings. The molecule has 0 saturated carbocycles. The molecule has 8 nitrogen and oxygen atoms in total. The number of ether oxygens (including phenoxy) is 1. The summed E-state index contributed by atoms with van der Waals surface area (Å²) >= 11 is 5.90. The van der Waals surface area contributed by atoms with Gasteiger partial charge in [0.1, 0.15) is 29.1 Å². The van der Waals surface area contributed by atoms with Crippen LogP contribution in [-0.4, -0.2) is 34.4 Å². The molecule has 1 amide bonds. The highest BCUT2D eigenvalue weighted by atomic mass is 35.5. The minimum absolute atomic E-state index is 0.104. The van der Waals surface area contributed by atoms with Gasteiger partial charge in [-0.1, -0.05) is 11.6 Å². The summed E-state index contributed by atoms with van der Waals surface area (Å²) in [5, 5.41) is 11.0. The Morgan fingerprint density at radius 2 is 2.21 bits per heavy atom. The van der Waals surface area contributed by atoms with Gasteiger partial charge in [0.2, 0.25) is 0 Å². The highest BCUT2D eigenvalue weighted by Gasteiger charge is 2.47. The van der Waals surface area contributed by atoms with Crippen molar-refractivity contribution in [2.45, 2.75) is 12.0 Å². The lowest BCUT2D eigenvalue weighted by Gasteiger charge is -2.27. The number of hydrogen-bond acceptors (Lipinski definition) is 7. The number of anilines is 1. The van der Waals surface area contributed by atoms with Crippen LogP contribution in [-0.2, 0) is 4.74 Å². The van der Waals surface area contributed by atoms with Crippen molar-refractivity contribution in [3.63, 3.8) is 0 Å². The lowest BCUT2D eigenvalue weighted by molar-refractivity contribution is -0.0798. The number of aliphatic imine (C=N–C) groups is 1. The van der Waals surface area contributed by atoms with E-state index in [1.807, 2.05) is 6.07 Å². The Morgan fingerprint density at radius 1 is 1.46 bits per heavy atom. The Morgan fingerprint density at radius 3 is 2.89 bits per heavy atom. The number of carbonyl (C=O) groups is 1. The third-order valence-electron chi connectivity index (χ3n) is 3.63. The fraction of sp³-hybridized carbons (Fsp3) is 0.188. The number of pyridine rings is 2. The van der Waals surface area contributed by atoms with Gasteiger partial charge in [0.15, 0.2) is 12.6 Å². The number of amidine groups is 1. The Kier molecular flexibility index (Phi) is 5.06. The molecule has 0 radical (unpaired) electrons. The van der Waals surface area contributed by atoms with Crippen molar-refractivity contribution >= 4 is 29.3 Å². The molecule has 2 aromatic rings. The number of nitrogens with two attached hydrogens (primary N) is 1. The number of amides is 1. The molecule has 0 unspecified atom stereocenters. The van der Waals surface area contributed by atoms with Gasteiger partial charge < -0.3 is 15.8 Å². The van der Waals surface area contributed by atoms with Crippen molar-refractivity contribution in [1.82, 2.24) is 9.97 Å². The molecular formula is C16H10ClF3N6O2. The van der Waals surface area contributed by atoms with Gasteiger partial charge in [-0.15, -0.1) is 0 Å². The van der Waals surface area contributed by atoms with E-state index >= 15 is 0 Å². The van der Waals surface area contributed by atoms with Crippen LogP contribution in [0.3, 0.4) is 0 Å². The van der Waals surface area contributed by atoms with Gasteiger partial charge in [0.25, 0.3) is 11.9 Å². The number of alkyl halides is 2. The molecule has 3 N–H and O–H groups in total. The van der Waals surface area contributed by atoms with Crippen LogP contribution in [0.25, 0.3) is 0 Å². The summed E-state index contributed by atoms with van der Waals surface area (Å²) in [7, 11) is 0. The summed E-state index contributed by atoms with van der Waals surface area (Å²) in [5.74, 6) is -5.69. The first kappa shape index (κ1) is 19.4. The molecule has 0 aromatic carbocycles. The molecule has 3 rings (SSSR count). The summed E-state index contributed by atoms with van der Waals surface area (Å²) in [4.78, 5) is 23.2. The summed E-state index contributed by atoms with van der Waals surface area (Å²) in [6.45, 7) is -1.09. The second-order valence-electron chi connectivity index (χ2n) is 5.60. The van der Waals surface area contributed by atoms with Crippen molar-refractivity contribution in [3.8, 4) is 6.07 Å². The molecule has 3 heterocycles. The van der Waals surface area contributed by atoms with Crippen LogP contribution in [0.4, 0.5) is 19.0 Å². The van der Waals surface area contributed by atoms with E-state index in [-0.39, 0.29) is 22.1 Å². The maximum atomic E-state index is 14.1. The Labute approximate surface area is 160 Å². The maximum absolute atomic E-state index is 14.1. The SMILES string of the molecule is N#Cc1cnc(C(=O)Nc2ccc(F)c([C@H]3N=C(N)OCC3(F)F)n2)c(Cl)c1. The van der Waals surface area contributed by atoms with E-state index in [4.69, 9.17) is 22.6 Å². The van der Waals surface area contributed by atoms with Crippen LogP contribution in [0, 0.1) is 17.1 Å². The number of hydrogen-bond donors (Lipinski definition) is 2. The molecule has 12 heteroatoms. The molecule has 28 heavy (non-hydrogen) atoms. The minimum Gasteiger partial charge on any atom is -0.459 e. The number of halogens is 4. The van der Waals surface area contributed by atoms with Crippen molar-refractivity contribution in [2.24, 2.45) is 10.7 Å². The van der Waals surface area contributed by atoms with Gasteiger partial charge in [-0.05, 0) is 18.2 Å². The van der Waals surface area contributed by atoms with Crippen molar-refractivity contribution in [1.29, 1.82) is 5.26 Å². The molecule has 0 spiro atoms. The fourth-order valence-electron chi connectivity index (χ4n) is 2.33. The molecule has 0 saturated heterocycles. The van der Waals surface area contributed by atoms with Gasteiger partial charge in [-0.25, -0.2) is 19.4 Å².